The lowest BCUT2D eigenvalue weighted by molar-refractivity contribution is 0.102. The number of hydrogen-bond donors (Lipinski definition) is 1. The van der Waals surface area contributed by atoms with Gasteiger partial charge in [-0.1, -0.05) is 18.2 Å². The number of benzene rings is 2. The topological polar surface area (TPSA) is 89.0 Å². The van der Waals surface area contributed by atoms with Gasteiger partial charge in [-0.2, -0.15) is 0 Å². The van der Waals surface area contributed by atoms with Gasteiger partial charge in [0.25, 0.3) is 5.91 Å². The molecule has 0 atom stereocenters. The molecule has 0 unspecified atom stereocenters. The highest BCUT2D eigenvalue weighted by Gasteiger charge is 2.12. The highest BCUT2D eigenvalue weighted by Crippen LogP contribution is 2.16. The first-order valence-corrected chi connectivity index (χ1v) is 8.66. The van der Waals surface area contributed by atoms with Crippen LogP contribution >= 0.6 is 0 Å². The molecular weight excluding hydrogens is 314 g/mol. The number of anilines is 1. The van der Waals surface area contributed by atoms with E-state index >= 15 is 0 Å². The molecule has 7 heteroatoms. The van der Waals surface area contributed by atoms with Crippen molar-refractivity contribution in [3.05, 3.63) is 60.4 Å². The molecule has 6 nitrogen and oxygen atoms in total. The van der Waals surface area contributed by atoms with E-state index in [1.54, 1.807) is 24.3 Å². The standard InChI is InChI=1S/C16H13N3O3S/c1-23(21,22)12-6-4-5-11(9-12)18-16(20)15-10-17-13-7-2-3-8-14(13)19-15/h2-10H,1H3,(H,18,20). The first kappa shape index (κ1) is 15.1. The molecule has 0 saturated carbocycles. The van der Waals surface area contributed by atoms with E-state index in [1.807, 2.05) is 12.1 Å². The van der Waals surface area contributed by atoms with Crippen LogP contribution in [0.3, 0.4) is 0 Å². The number of rotatable bonds is 3. The predicted octanol–water partition coefficient (Wildman–Crippen LogP) is 2.29. The van der Waals surface area contributed by atoms with Crippen molar-refractivity contribution >= 4 is 32.5 Å². The van der Waals surface area contributed by atoms with Crippen molar-refractivity contribution in [1.29, 1.82) is 0 Å². The van der Waals surface area contributed by atoms with Gasteiger partial charge in [0.2, 0.25) is 0 Å². The quantitative estimate of drug-likeness (QED) is 0.797. The minimum absolute atomic E-state index is 0.139. The van der Waals surface area contributed by atoms with E-state index in [-0.39, 0.29) is 10.6 Å². The van der Waals surface area contributed by atoms with Crippen LogP contribution in [0.1, 0.15) is 10.5 Å². The van der Waals surface area contributed by atoms with Crippen molar-refractivity contribution in [3.8, 4) is 0 Å². The van der Waals surface area contributed by atoms with Gasteiger partial charge in [0.05, 0.1) is 22.1 Å². The predicted molar refractivity (Wildman–Crippen MR) is 87.0 cm³/mol. The lowest BCUT2D eigenvalue weighted by atomic mass is 10.3. The summed E-state index contributed by atoms with van der Waals surface area (Å²) < 4.78 is 23.1. The van der Waals surface area contributed by atoms with Gasteiger partial charge in [-0.25, -0.2) is 13.4 Å². The Morgan fingerprint density at radius 1 is 1.04 bits per heavy atom. The van der Waals surface area contributed by atoms with E-state index in [4.69, 9.17) is 0 Å². The van der Waals surface area contributed by atoms with Crippen molar-refractivity contribution in [1.82, 2.24) is 9.97 Å². The first-order valence-electron chi connectivity index (χ1n) is 6.77. The second-order valence-corrected chi connectivity index (χ2v) is 7.01. The number of nitrogens with one attached hydrogen (secondary N) is 1. The number of para-hydroxylation sites is 2. The Hall–Kier alpha value is -2.80. The van der Waals surface area contributed by atoms with Crippen molar-refractivity contribution in [2.24, 2.45) is 0 Å². The van der Waals surface area contributed by atoms with Crippen LogP contribution < -0.4 is 5.32 Å². The fraction of sp³-hybridized carbons (Fsp3) is 0.0625. The number of sulfone groups is 1. The molecule has 0 radical (unpaired) electrons. The van der Waals surface area contributed by atoms with Crippen LogP contribution in [0.15, 0.2) is 59.6 Å². The number of carbonyl (C=O) groups is 1. The van der Waals surface area contributed by atoms with Crippen LogP contribution in [-0.2, 0) is 9.84 Å². The molecule has 1 N–H and O–H groups in total. The van der Waals surface area contributed by atoms with Crippen molar-refractivity contribution in [2.75, 3.05) is 11.6 Å². The third kappa shape index (κ3) is 3.35. The summed E-state index contributed by atoms with van der Waals surface area (Å²) in [6.07, 6.45) is 2.50. The molecule has 1 aromatic heterocycles. The summed E-state index contributed by atoms with van der Waals surface area (Å²) in [5.74, 6) is -0.450. The molecule has 0 fully saturated rings. The number of hydrogen-bond acceptors (Lipinski definition) is 5. The Morgan fingerprint density at radius 2 is 1.78 bits per heavy atom. The molecule has 0 aliphatic rings. The van der Waals surface area contributed by atoms with Crippen LogP contribution in [-0.4, -0.2) is 30.5 Å². The van der Waals surface area contributed by atoms with Gasteiger partial charge in [-0.15, -0.1) is 0 Å². The molecular formula is C16H13N3O3S. The molecule has 1 heterocycles. The SMILES string of the molecule is CS(=O)(=O)c1cccc(NC(=O)c2cnc3ccccc3n2)c1. The summed E-state index contributed by atoms with van der Waals surface area (Å²) in [5.41, 5.74) is 1.86. The van der Waals surface area contributed by atoms with Crippen molar-refractivity contribution in [2.45, 2.75) is 4.90 Å². The average Bonchev–Trinajstić information content (AvgIpc) is 2.54. The number of nitrogens with zero attached hydrogens (tertiary/aromatic N) is 2. The van der Waals surface area contributed by atoms with Gasteiger partial charge >= 0.3 is 0 Å². The molecule has 3 aromatic rings. The van der Waals surface area contributed by atoms with Crippen LogP contribution in [0, 0.1) is 0 Å². The third-order valence-electron chi connectivity index (χ3n) is 3.20. The highest BCUT2D eigenvalue weighted by atomic mass is 32.2. The minimum Gasteiger partial charge on any atom is -0.321 e. The molecule has 1 amide bonds. The summed E-state index contributed by atoms with van der Waals surface area (Å²) in [5, 5.41) is 2.63. The zero-order valence-corrected chi connectivity index (χ0v) is 13.0. The Bertz CT molecular complexity index is 1000. The van der Waals surface area contributed by atoms with Crippen molar-refractivity contribution in [3.63, 3.8) is 0 Å². The molecule has 0 saturated heterocycles. The van der Waals surface area contributed by atoms with Crippen LogP contribution in [0.5, 0.6) is 0 Å². The number of aromatic nitrogens is 2. The van der Waals surface area contributed by atoms with Crippen LogP contribution in [0.2, 0.25) is 0 Å². The zero-order valence-electron chi connectivity index (χ0n) is 12.2. The minimum atomic E-state index is -3.33. The Morgan fingerprint density at radius 3 is 2.52 bits per heavy atom. The molecule has 0 spiro atoms. The number of fused-ring (bicyclic) bond motifs is 1. The van der Waals surface area contributed by atoms with E-state index in [0.717, 1.165) is 6.26 Å². The molecule has 2 aromatic carbocycles. The molecule has 23 heavy (non-hydrogen) atoms. The summed E-state index contributed by atoms with van der Waals surface area (Å²) in [4.78, 5) is 20.8. The van der Waals surface area contributed by atoms with E-state index in [2.05, 4.69) is 15.3 Å². The van der Waals surface area contributed by atoms with Gasteiger partial charge in [-0.05, 0) is 30.3 Å². The lowest BCUT2D eigenvalue weighted by Gasteiger charge is -2.06. The fourth-order valence-electron chi connectivity index (χ4n) is 2.07. The molecule has 3 rings (SSSR count). The average molecular weight is 327 g/mol. The lowest BCUT2D eigenvalue weighted by Crippen LogP contribution is -2.14. The van der Waals surface area contributed by atoms with E-state index in [0.29, 0.717) is 16.7 Å². The molecule has 0 bridgehead atoms. The van der Waals surface area contributed by atoms with Crippen LogP contribution in [0.25, 0.3) is 11.0 Å². The summed E-state index contributed by atoms with van der Waals surface area (Å²) >= 11 is 0. The Labute approximate surface area is 133 Å². The van der Waals surface area contributed by atoms with Gasteiger partial charge in [0.15, 0.2) is 9.84 Å². The largest absolute Gasteiger partial charge is 0.321 e. The maximum atomic E-state index is 12.3. The smallest absolute Gasteiger partial charge is 0.275 e. The molecule has 0 aliphatic heterocycles. The third-order valence-corrected chi connectivity index (χ3v) is 4.31. The Kier molecular flexibility index (Phi) is 3.79. The van der Waals surface area contributed by atoms with E-state index < -0.39 is 15.7 Å². The van der Waals surface area contributed by atoms with Gasteiger partial charge in [-0.3, -0.25) is 9.78 Å². The van der Waals surface area contributed by atoms with Crippen molar-refractivity contribution < 1.29 is 13.2 Å². The molecule has 0 aliphatic carbocycles. The maximum absolute atomic E-state index is 12.3. The van der Waals surface area contributed by atoms with Gasteiger partial charge in [0.1, 0.15) is 5.69 Å². The fourth-order valence-corrected chi connectivity index (χ4v) is 2.73. The Balaban J connectivity index is 1.88. The second kappa shape index (κ2) is 5.77. The first-order chi connectivity index (χ1) is 10.9. The monoisotopic (exact) mass is 327 g/mol. The number of carbonyl (C=O) groups excluding carboxylic acids is 1. The summed E-state index contributed by atoms with van der Waals surface area (Å²) in [7, 11) is -3.33. The normalized spacial score (nSPS) is 11.3. The van der Waals surface area contributed by atoms with E-state index in [1.165, 1.54) is 18.3 Å². The second-order valence-electron chi connectivity index (χ2n) is 5.00. The van der Waals surface area contributed by atoms with Crippen LogP contribution in [0.4, 0.5) is 5.69 Å². The molecule has 116 valence electrons. The maximum Gasteiger partial charge on any atom is 0.275 e. The number of amides is 1. The zero-order chi connectivity index (χ0) is 16.4. The van der Waals surface area contributed by atoms with Gasteiger partial charge in [0, 0.05) is 11.9 Å². The summed E-state index contributed by atoms with van der Waals surface area (Å²) in [6.45, 7) is 0. The van der Waals surface area contributed by atoms with E-state index in [9.17, 15) is 13.2 Å². The van der Waals surface area contributed by atoms with Gasteiger partial charge < -0.3 is 5.32 Å². The highest BCUT2D eigenvalue weighted by molar-refractivity contribution is 7.90. The summed E-state index contributed by atoms with van der Waals surface area (Å²) in [6, 6.07) is 13.3.